The van der Waals surface area contributed by atoms with Crippen LogP contribution in [0.4, 0.5) is 0 Å². The maximum atomic E-state index is 11.8. The molecule has 0 unspecified atom stereocenters. The quantitative estimate of drug-likeness (QED) is 0.796. The third-order valence-corrected chi connectivity index (χ3v) is 4.90. The van der Waals surface area contributed by atoms with E-state index in [1.54, 1.807) is 7.05 Å². The molecular weight excluding hydrogens is 268 g/mol. The summed E-state index contributed by atoms with van der Waals surface area (Å²) in [5.74, 6) is 1.68. The highest BCUT2D eigenvalue weighted by atomic mass is 32.2. The van der Waals surface area contributed by atoms with Crippen molar-refractivity contribution >= 4 is 10.2 Å². The highest BCUT2D eigenvalue weighted by molar-refractivity contribution is 7.87. The van der Waals surface area contributed by atoms with E-state index in [4.69, 9.17) is 4.52 Å². The zero-order valence-electron chi connectivity index (χ0n) is 11.5. The van der Waals surface area contributed by atoms with Gasteiger partial charge in [0.1, 0.15) is 0 Å². The number of nitrogens with zero attached hydrogens (tertiary/aromatic N) is 3. The molecule has 1 heterocycles. The average Bonchev–Trinajstić information content (AvgIpc) is 3.09. The zero-order chi connectivity index (χ0) is 14.0. The van der Waals surface area contributed by atoms with E-state index in [0.29, 0.717) is 18.2 Å². The normalized spacial score (nSPS) is 16.5. The smallest absolute Gasteiger partial charge is 0.279 e. The van der Waals surface area contributed by atoms with Gasteiger partial charge < -0.3 is 4.52 Å². The lowest BCUT2D eigenvalue weighted by Gasteiger charge is -2.20. The van der Waals surface area contributed by atoms with Gasteiger partial charge in [0.25, 0.3) is 10.2 Å². The molecule has 1 aromatic heterocycles. The molecule has 1 aliphatic rings. The lowest BCUT2D eigenvalue weighted by molar-refractivity contribution is 0.370. The Balaban J connectivity index is 1.82. The summed E-state index contributed by atoms with van der Waals surface area (Å²) in [5.41, 5.74) is 0. The van der Waals surface area contributed by atoms with E-state index in [1.807, 2.05) is 13.8 Å². The number of rotatable bonds is 7. The Kier molecular flexibility index (Phi) is 4.22. The van der Waals surface area contributed by atoms with Crippen molar-refractivity contribution in [2.45, 2.75) is 45.1 Å². The van der Waals surface area contributed by atoms with Gasteiger partial charge in [-0.2, -0.15) is 17.7 Å². The topological polar surface area (TPSA) is 88.3 Å². The van der Waals surface area contributed by atoms with E-state index < -0.39 is 10.2 Å². The van der Waals surface area contributed by atoms with Crippen molar-refractivity contribution in [3.63, 3.8) is 0 Å². The molecule has 0 aliphatic heterocycles. The van der Waals surface area contributed by atoms with E-state index in [9.17, 15) is 8.42 Å². The Morgan fingerprint density at radius 2 is 2.16 bits per heavy atom. The number of hydrogen-bond donors (Lipinski definition) is 1. The van der Waals surface area contributed by atoms with Gasteiger partial charge in [0.15, 0.2) is 5.82 Å². The first-order valence-electron chi connectivity index (χ1n) is 6.45. The van der Waals surface area contributed by atoms with Crippen LogP contribution in [0, 0.1) is 0 Å². The maximum Gasteiger partial charge on any atom is 0.279 e. The lowest BCUT2D eigenvalue weighted by atomic mass is 10.4. The molecule has 0 amide bonds. The van der Waals surface area contributed by atoms with Crippen molar-refractivity contribution in [1.82, 2.24) is 19.2 Å². The van der Waals surface area contributed by atoms with E-state index in [1.165, 1.54) is 4.31 Å². The fraction of sp³-hybridized carbons (Fsp3) is 0.818. The largest absolute Gasteiger partial charge is 0.339 e. The second-order valence-electron chi connectivity index (χ2n) is 5.08. The van der Waals surface area contributed by atoms with Crippen LogP contribution in [0.15, 0.2) is 4.52 Å². The van der Waals surface area contributed by atoms with Crippen molar-refractivity contribution in [3.05, 3.63) is 11.7 Å². The molecule has 8 heteroatoms. The lowest BCUT2D eigenvalue weighted by Crippen LogP contribution is -2.42. The molecule has 0 aromatic carbocycles. The molecule has 2 rings (SSSR count). The van der Waals surface area contributed by atoms with Crippen LogP contribution in [0.25, 0.3) is 0 Å². The first-order valence-corrected chi connectivity index (χ1v) is 7.89. The van der Waals surface area contributed by atoms with Crippen LogP contribution in [0.2, 0.25) is 0 Å². The minimum absolute atomic E-state index is 0.0811. The van der Waals surface area contributed by atoms with Crippen LogP contribution in [0.1, 0.15) is 44.3 Å². The van der Waals surface area contributed by atoms with Gasteiger partial charge in [-0.05, 0) is 26.7 Å². The first kappa shape index (κ1) is 14.4. The van der Waals surface area contributed by atoms with Gasteiger partial charge in [-0.3, -0.25) is 0 Å². The molecule has 19 heavy (non-hydrogen) atoms. The van der Waals surface area contributed by atoms with Crippen molar-refractivity contribution in [3.8, 4) is 0 Å². The first-order chi connectivity index (χ1) is 8.90. The second kappa shape index (κ2) is 5.56. The summed E-state index contributed by atoms with van der Waals surface area (Å²) in [7, 11) is -1.89. The van der Waals surface area contributed by atoms with E-state index in [-0.39, 0.29) is 12.6 Å². The fourth-order valence-electron chi connectivity index (χ4n) is 1.54. The van der Waals surface area contributed by atoms with Gasteiger partial charge in [0.05, 0.1) is 0 Å². The summed E-state index contributed by atoms with van der Waals surface area (Å²) in [6.07, 6.45) is 2.64. The summed E-state index contributed by atoms with van der Waals surface area (Å²) in [4.78, 5) is 4.25. The van der Waals surface area contributed by atoms with Crippen LogP contribution >= 0.6 is 0 Å². The van der Waals surface area contributed by atoms with Gasteiger partial charge in [-0.15, -0.1) is 0 Å². The molecule has 0 atom stereocenters. The summed E-state index contributed by atoms with van der Waals surface area (Å²) >= 11 is 0. The van der Waals surface area contributed by atoms with Crippen LogP contribution in [0.3, 0.4) is 0 Å². The van der Waals surface area contributed by atoms with Crippen molar-refractivity contribution in [2.24, 2.45) is 0 Å². The predicted octanol–water partition coefficient (Wildman–Crippen LogP) is 0.664. The maximum absolute atomic E-state index is 11.8. The third-order valence-electron chi connectivity index (χ3n) is 3.16. The van der Waals surface area contributed by atoms with Gasteiger partial charge in [0, 0.05) is 32.0 Å². The molecule has 0 spiro atoms. The minimum atomic E-state index is -3.43. The Hall–Kier alpha value is -0.990. The summed E-state index contributed by atoms with van der Waals surface area (Å²) in [5, 5.41) is 3.88. The van der Waals surface area contributed by atoms with E-state index in [0.717, 1.165) is 18.7 Å². The average molecular weight is 288 g/mol. The standard InChI is InChI=1S/C11H20N4O3S/c1-8(2)15(3)19(16,17)12-7-6-10-13-11(14-18-10)9-4-5-9/h8-9,12H,4-7H2,1-3H3. The molecule has 1 N–H and O–H groups in total. The third kappa shape index (κ3) is 3.74. The Bertz CT molecular complexity index is 522. The van der Waals surface area contributed by atoms with E-state index in [2.05, 4.69) is 14.9 Å². The minimum Gasteiger partial charge on any atom is -0.339 e. The van der Waals surface area contributed by atoms with Gasteiger partial charge >= 0.3 is 0 Å². The highest BCUT2D eigenvalue weighted by Crippen LogP contribution is 2.38. The van der Waals surface area contributed by atoms with Gasteiger partial charge in [0.2, 0.25) is 5.89 Å². The molecule has 1 aliphatic carbocycles. The second-order valence-corrected chi connectivity index (χ2v) is 6.89. The molecule has 0 radical (unpaired) electrons. The molecule has 0 saturated heterocycles. The molecule has 7 nitrogen and oxygen atoms in total. The van der Waals surface area contributed by atoms with Crippen LogP contribution in [-0.4, -0.2) is 42.5 Å². The molecular formula is C11H20N4O3S. The molecule has 1 fully saturated rings. The summed E-state index contributed by atoms with van der Waals surface area (Å²) < 4.78 is 32.5. The molecule has 1 saturated carbocycles. The number of hydrogen-bond acceptors (Lipinski definition) is 5. The predicted molar refractivity (Wildman–Crippen MR) is 69.8 cm³/mol. The Morgan fingerprint density at radius 3 is 2.74 bits per heavy atom. The van der Waals surface area contributed by atoms with Gasteiger partial charge in [-0.25, -0.2) is 4.72 Å². The fourth-order valence-corrected chi connectivity index (χ4v) is 2.66. The number of aromatic nitrogens is 2. The van der Waals surface area contributed by atoms with Crippen LogP contribution in [-0.2, 0) is 16.6 Å². The van der Waals surface area contributed by atoms with Crippen molar-refractivity contribution in [2.75, 3.05) is 13.6 Å². The van der Waals surface area contributed by atoms with Gasteiger partial charge in [-0.1, -0.05) is 5.16 Å². The summed E-state index contributed by atoms with van der Waals surface area (Å²) in [6, 6.07) is -0.0811. The SMILES string of the molecule is CC(C)N(C)S(=O)(=O)NCCc1nc(C2CC2)no1. The molecule has 108 valence electrons. The molecule has 0 bridgehead atoms. The highest BCUT2D eigenvalue weighted by Gasteiger charge is 2.28. The monoisotopic (exact) mass is 288 g/mol. The van der Waals surface area contributed by atoms with Crippen LogP contribution < -0.4 is 4.72 Å². The molecule has 1 aromatic rings. The summed E-state index contributed by atoms with van der Waals surface area (Å²) in [6.45, 7) is 3.89. The van der Waals surface area contributed by atoms with Crippen LogP contribution in [0.5, 0.6) is 0 Å². The Labute approximate surface area is 113 Å². The zero-order valence-corrected chi connectivity index (χ0v) is 12.3. The van der Waals surface area contributed by atoms with Crippen molar-refractivity contribution in [1.29, 1.82) is 0 Å². The van der Waals surface area contributed by atoms with Crippen molar-refractivity contribution < 1.29 is 12.9 Å². The number of nitrogens with one attached hydrogen (secondary N) is 1. The van der Waals surface area contributed by atoms with E-state index >= 15 is 0 Å². The Morgan fingerprint density at radius 1 is 1.47 bits per heavy atom.